The molecule has 1 aliphatic rings. The van der Waals surface area contributed by atoms with Gasteiger partial charge in [0.1, 0.15) is 0 Å². The molecule has 0 bridgehead atoms. The van der Waals surface area contributed by atoms with Gasteiger partial charge in [0.2, 0.25) is 0 Å². The monoisotopic (exact) mass is 240 g/mol. The molecular weight excluding hydrogens is 208 g/mol. The number of nitrogens with one attached hydrogen (secondary N) is 1. The molecule has 1 aliphatic heterocycles. The molecule has 0 amide bonds. The van der Waals surface area contributed by atoms with E-state index in [0.29, 0.717) is 5.54 Å². The average Bonchev–Trinajstić information content (AvgIpc) is 2.57. The van der Waals surface area contributed by atoms with E-state index in [1.807, 2.05) is 0 Å². The molecule has 2 nitrogen and oxygen atoms in total. The van der Waals surface area contributed by atoms with E-state index in [2.05, 4.69) is 44.8 Å². The lowest BCUT2D eigenvalue weighted by atomic mass is 9.99. The fourth-order valence-electron chi connectivity index (χ4n) is 3.01. The second-order valence-electron chi connectivity index (χ2n) is 6.70. The van der Waals surface area contributed by atoms with Gasteiger partial charge < -0.3 is 5.32 Å². The van der Waals surface area contributed by atoms with Gasteiger partial charge in [0.15, 0.2) is 0 Å². The van der Waals surface area contributed by atoms with Gasteiger partial charge in [-0.05, 0) is 72.0 Å². The maximum Gasteiger partial charge on any atom is 0.0156 e. The average molecular weight is 240 g/mol. The van der Waals surface area contributed by atoms with Crippen LogP contribution in [0.2, 0.25) is 0 Å². The Morgan fingerprint density at radius 2 is 1.94 bits per heavy atom. The summed E-state index contributed by atoms with van der Waals surface area (Å²) in [4.78, 5) is 2.70. The van der Waals surface area contributed by atoms with Gasteiger partial charge >= 0.3 is 0 Å². The zero-order chi connectivity index (χ0) is 12.9. The highest BCUT2D eigenvalue weighted by atomic mass is 15.2. The van der Waals surface area contributed by atoms with E-state index in [0.717, 1.165) is 18.5 Å². The molecule has 1 atom stereocenters. The highest BCUT2D eigenvalue weighted by molar-refractivity contribution is 4.90. The minimum Gasteiger partial charge on any atom is -0.316 e. The molecule has 1 fully saturated rings. The minimum absolute atomic E-state index is 0.435. The first-order valence-electron chi connectivity index (χ1n) is 7.41. The molecule has 1 heterocycles. The zero-order valence-electron chi connectivity index (χ0n) is 12.6. The quantitative estimate of drug-likeness (QED) is 0.687. The van der Waals surface area contributed by atoms with Crippen LogP contribution in [0.15, 0.2) is 0 Å². The summed E-state index contributed by atoms with van der Waals surface area (Å²) in [5, 5.41) is 3.53. The Morgan fingerprint density at radius 3 is 2.47 bits per heavy atom. The second kappa shape index (κ2) is 6.75. The summed E-state index contributed by atoms with van der Waals surface area (Å²) in [6, 6.07) is 0.744. The number of likely N-dealkylation sites (tertiary alicyclic amines) is 1. The van der Waals surface area contributed by atoms with E-state index in [1.165, 1.54) is 38.8 Å². The molecule has 0 aromatic carbocycles. The topological polar surface area (TPSA) is 15.3 Å². The van der Waals surface area contributed by atoms with Gasteiger partial charge in [-0.15, -0.1) is 0 Å². The van der Waals surface area contributed by atoms with Crippen LogP contribution in [0.5, 0.6) is 0 Å². The van der Waals surface area contributed by atoms with Gasteiger partial charge in [0, 0.05) is 11.6 Å². The van der Waals surface area contributed by atoms with Crippen molar-refractivity contribution in [2.45, 2.75) is 71.9 Å². The van der Waals surface area contributed by atoms with Crippen LogP contribution >= 0.6 is 0 Å². The Kier molecular flexibility index (Phi) is 5.94. The Balaban J connectivity index is 2.15. The van der Waals surface area contributed by atoms with E-state index in [1.54, 1.807) is 0 Å². The van der Waals surface area contributed by atoms with E-state index < -0.39 is 0 Å². The van der Waals surface area contributed by atoms with Gasteiger partial charge in [0.05, 0.1) is 0 Å². The molecule has 0 aliphatic carbocycles. The van der Waals surface area contributed by atoms with Crippen LogP contribution in [0.25, 0.3) is 0 Å². The predicted octanol–water partition coefficient (Wildman–Crippen LogP) is 3.28. The maximum absolute atomic E-state index is 3.53. The van der Waals surface area contributed by atoms with Crippen molar-refractivity contribution in [1.29, 1.82) is 0 Å². The number of hydrogen-bond acceptors (Lipinski definition) is 2. The lowest BCUT2D eigenvalue weighted by Gasteiger charge is -2.36. The number of rotatable bonds is 7. The van der Waals surface area contributed by atoms with E-state index in [9.17, 15) is 0 Å². The Hall–Kier alpha value is -0.0800. The van der Waals surface area contributed by atoms with Gasteiger partial charge in [-0.2, -0.15) is 0 Å². The van der Waals surface area contributed by atoms with Gasteiger partial charge in [-0.3, -0.25) is 4.90 Å². The first-order valence-corrected chi connectivity index (χ1v) is 7.41. The molecule has 0 aromatic heterocycles. The van der Waals surface area contributed by atoms with Crippen molar-refractivity contribution in [2.75, 3.05) is 19.6 Å². The Morgan fingerprint density at radius 1 is 1.24 bits per heavy atom. The van der Waals surface area contributed by atoms with Crippen LogP contribution in [-0.4, -0.2) is 36.1 Å². The zero-order valence-corrected chi connectivity index (χ0v) is 12.6. The summed E-state index contributed by atoms with van der Waals surface area (Å²) < 4.78 is 0. The van der Waals surface area contributed by atoms with Crippen molar-refractivity contribution in [3.05, 3.63) is 0 Å². The maximum atomic E-state index is 3.53. The smallest absolute Gasteiger partial charge is 0.0156 e. The van der Waals surface area contributed by atoms with Crippen LogP contribution in [0.1, 0.15) is 60.3 Å². The van der Waals surface area contributed by atoms with Crippen LogP contribution < -0.4 is 5.32 Å². The molecular formula is C15H32N2. The van der Waals surface area contributed by atoms with Crippen molar-refractivity contribution >= 4 is 0 Å². The summed E-state index contributed by atoms with van der Waals surface area (Å²) in [6.07, 6.45) is 5.38. The van der Waals surface area contributed by atoms with Crippen LogP contribution in [-0.2, 0) is 0 Å². The summed E-state index contributed by atoms with van der Waals surface area (Å²) in [5.74, 6) is 0.768. The first kappa shape index (κ1) is 15.0. The molecule has 1 saturated heterocycles. The highest BCUT2D eigenvalue weighted by Crippen LogP contribution is 2.31. The summed E-state index contributed by atoms with van der Waals surface area (Å²) in [7, 11) is 0. The molecule has 1 N–H and O–H groups in total. The van der Waals surface area contributed by atoms with Crippen molar-refractivity contribution in [3.63, 3.8) is 0 Å². The number of nitrogens with zero attached hydrogens (tertiary/aromatic N) is 1. The highest BCUT2D eigenvalue weighted by Gasteiger charge is 2.34. The van der Waals surface area contributed by atoms with Gasteiger partial charge in [-0.25, -0.2) is 0 Å². The minimum atomic E-state index is 0.435. The molecule has 1 rings (SSSR count). The van der Waals surface area contributed by atoms with Crippen molar-refractivity contribution in [3.8, 4) is 0 Å². The summed E-state index contributed by atoms with van der Waals surface area (Å²) in [6.45, 7) is 15.4. The SMILES string of the molecule is CC(C)CNCCCC(C)N1CCCC1(C)C. The van der Waals surface area contributed by atoms with Gasteiger partial charge in [-0.1, -0.05) is 13.8 Å². The fourth-order valence-corrected chi connectivity index (χ4v) is 3.01. The molecule has 17 heavy (non-hydrogen) atoms. The lowest BCUT2D eigenvalue weighted by Crippen LogP contribution is -2.44. The Labute approximate surface area is 108 Å². The molecule has 102 valence electrons. The van der Waals surface area contributed by atoms with E-state index in [-0.39, 0.29) is 0 Å². The van der Waals surface area contributed by atoms with Crippen molar-refractivity contribution in [1.82, 2.24) is 10.2 Å². The molecule has 2 heteroatoms. The molecule has 0 spiro atoms. The van der Waals surface area contributed by atoms with Crippen molar-refractivity contribution < 1.29 is 0 Å². The second-order valence-corrected chi connectivity index (χ2v) is 6.70. The van der Waals surface area contributed by atoms with Crippen molar-refractivity contribution in [2.24, 2.45) is 5.92 Å². The first-order chi connectivity index (χ1) is 7.93. The third kappa shape index (κ3) is 4.97. The van der Waals surface area contributed by atoms with Crippen LogP contribution in [0.3, 0.4) is 0 Å². The lowest BCUT2D eigenvalue weighted by molar-refractivity contribution is 0.118. The molecule has 0 saturated carbocycles. The molecule has 0 aromatic rings. The third-order valence-corrected chi connectivity index (χ3v) is 4.03. The standard InChI is InChI=1S/C15H32N2/c1-13(2)12-16-10-6-8-14(3)17-11-7-9-15(17,4)5/h13-14,16H,6-12H2,1-5H3. The van der Waals surface area contributed by atoms with Crippen LogP contribution in [0.4, 0.5) is 0 Å². The Bertz CT molecular complexity index is 211. The predicted molar refractivity (Wildman–Crippen MR) is 76.4 cm³/mol. The van der Waals surface area contributed by atoms with E-state index >= 15 is 0 Å². The summed E-state index contributed by atoms with van der Waals surface area (Å²) >= 11 is 0. The molecule has 1 unspecified atom stereocenters. The largest absolute Gasteiger partial charge is 0.316 e. The molecule has 0 radical (unpaired) electrons. The van der Waals surface area contributed by atoms with Crippen LogP contribution in [0, 0.1) is 5.92 Å². The third-order valence-electron chi connectivity index (χ3n) is 4.03. The van der Waals surface area contributed by atoms with E-state index in [4.69, 9.17) is 0 Å². The normalized spacial score (nSPS) is 22.2. The fraction of sp³-hybridized carbons (Fsp3) is 1.00. The summed E-state index contributed by atoms with van der Waals surface area (Å²) in [5.41, 5.74) is 0.435. The number of hydrogen-bond donors (Lipinski definition) is 1. The van der Waals surface area contributed by atoms with Gasteiger partial charge in [0.25, 0.3) is 0 Å².